The lowest BCUT2D eigenvalue weighted by Gasteiger charge is -2.15. The van der Waals surface area contributed by atoms with E-state index in [9.17, 15) is 0 Å². The molecule has 0 unspecified atom stereocenters. The van der Waals surface area contributed by atoms with Gasteiger partial charge in [0.15, 0.2) is 0 Å². The highest BCUT2D eigenvalue weighted by Crippen LogP contribution is 2.33. The normalized spacial score (nSPS) is 14.2. The highest BCUT2D eigenvalue weighted by molar-refractivity contribution is 9.10. The molecule has 1 aliphatic rings. The Labute approximate surface area is 109 Å². The average molecular weight is 292 g/mol. The zero-order chi connectivity index (χ0) is 11.8. The standard InChI is InChI=1S/C13H14BrN3/c1-9-5-2-3-6-10(9)11-12(14)17-8-4-7-15-13(17)16-11/h2-3,5-6H,4,7-8H2,1H3,(H,15,16). The predicted octanol–water partition coefficient (Wildman–Crippen LogP) is 3.44. The second-order valence-corrected chi connectivity index (χ2v) is 5.07. The Hall–Kier alpha value is -1.29. The second-order valence-electron chi connectivity index (χ2n) is 4.32. The van der Waals surface area contributed by atoms with Crippen LogP contribution in [0, 0.1) is 6.92 Å². The van der Waals surface area contributed by atoms with Gasteiger partial charge in [-0.1, -0.05) is 24.3 Å². The molecule has 2 heterocycles. The number of fused-ring (bicyclic) bond motifs is 1. The first kappa shape index (κ1) is 10.8. The lowest BCUT2D eigenvalue weighted by molar-refractivity contribution is 0.618. The topological polar surface area (TPSA) is 29.9 Å². The third-order valence-corrected chi connectivity index (χ3v) is 3.95. The Morgan fingerprint density at radius 1 is 1.35 bits per heavy atom. The molecule has 1 N–H and O–H groups in total. The molecule has 0 bridgehead atoms. The molecule has 0 atom stereocenters. The maximum atomic E-state index is 4.69. The van der Waals surface area contributed by atoms with Crippen LogP contribution in [0.25, 0.3) is 11.3 Å². The molecular weight excluding hydrogens is 278 g/mol. The maximum absolute atomic E-state index is 4.69. The van der Waals surface area contributed by atoms with Crippen molar-refractivity contribution in [1.82, 2.24) is 9.55 Å². The van der Waals surface area contributed by atoms with Crippen molar-refractivity contribution in [3.05, 3.63) is 34.4 Å². The number of nitrogens with zero attached hydrogens (tertiary/aromatic N) is 2. The van der Waals surface area contributed by atoms with Gasteiger partial charge in [-0.15, -0.1) is 0 Å². The van der Waals surface area contributed by atoms with Crippen molar-refractivity contribution in [2.24, 2.45) is 0 Å². The number of halogens is 1. The molecule has 3 nitrogen and oxygen atoms in total. The van der Waals surface area contributed by atoms with E-state index in [-0.39, 0.29) is 0 Å². The molecule has 0 saturated carbocycles. The highest BCUT2D eigenvalue weighted by Gasteiger charge is 2.19. The number of aryl methyl sites for hydroxylation is 1. The molecular formula is C13H14BrN3. The Bertz CT molecular complexity index is 560. The van der Waals surface area contributed by atoms with Gasteiger partial charge in [-0.05, 0) is 34.8 Å². The van der Waals surface area contributed by atoms with E-state index in [0.29, 0.717) is 0 Å². The van der Waals surface area contributed by atoms with Crippen LogP contribution in [0.3, 0.4) is 0 Å². The second kappa shape index (κ2) is 4.18. The van der Waals surface area contributed by atoms with E-state index >= 15 is 0 Å². The molecule has 0 aliphatic carbocycles. The maximum Gasteiger partial charge on any atom is 0.204 e. The van der Waals surface area contributed by atoms with Crippen LogP contribution >= 0.6 is 15.9 Å². The summed E-state index contributed by atoms with van der Waals surface area (Å²) in [7, 11) is 0. The van der Waals surface area contributed by atoms with Crippen LogP contribution in [0.4, 0.5) is 5.95 Å². The van der Waals surface area contributed by atoms with Gasteiger partial charge in [0.1, 0.15) is 10.3 Å². The van der Waals surface area contributed by atoms with Gasteiger partial charge < -0.3 is 9.88 Å². The smallest absolute Gasteiger partial charge is 0.204 e. The highest BCUT2D eigenvalue weighted by atomic mass is 79.9. The fourth-order valence-electron chi connectivity index (χ4n) is 2.22. The largest absolute Gasteiger partial charge is 0.356 e. The molecule has 1 aliphatic heterocycles. The summed E-state index contributed by atoms with van der Waals surface area (Å²) >= 11 is 3.67. The summed E-state index contributed by atoms with van der Waals surface area (Å²) < 4.78 is 3.28. The van der Waals surface area contributed by atoms with Crippen LogP contribution in [-0.4, -0.2) is 16.1 Å². The molecule has 4 heteroatoms. The van der Waals surface area contributed by atoms with Gasteiger partial charge in [0.05, 0.1) is 0 Å². The van der Waals surface area contributed by atoms with Crippen molar-refractivity contribution in [2.45, 2.75) is 19.9 Å². The minimum atomic E-state index is 0.973. The van der Waals surface area contributed by atoms with Gasteiger partial charge in [0.25, 0.3) is 0 Å². The first-order valence-electron chi connectivity index (χ1n) is 5.83. The summed E-state index contributed by atoms with van der Waals surface area (Å²) in [6.07, 6.45) is 1.15. The Morgan fingerprint density at radius 2 is 2.18 bits per heavy atom. The summed E-state index contributed by atoms with van der Waals surface area (Å²) in [6.45, 7) is 4.16. The van der Waals surface area contributed by atoms with Crippen LogP contribution in [0.5, 0.6) is 0 Å². The van der Waals surface area contributed by atoms with Crippen molar-refractivity contribution in [3.63, 3.8) is 0 Å². The van der Waals surface area contributed by atoms with Crippen LogP contribution < -0.4 is 5.32 Å². The van der Waals surface area contributed by atoms with E-state index in [4.69, 9.17) is 0 Å². The van der Waals surface area contributed by atoms with Gasteiger partial charge >= 0.3 is 0 Å². The summed E-state index contributed by atoms with van der Waals surface area (Å²) in [5.74, 6) is 0.973. The number of hydrogen-bond acceptors (Lipinski definition) is 2. The minimum Gasteiger partial charge on any atom is -0.356 e. The Kier molecular flexibility index (Phi) is 2.67. The predicted molar refractivity (Wildman–Crippen MR) is 73.2 cm³/mol. The van der Waals surface area contributed by atoms with Gasteiger partial charge in [0.2, 0.25) is 5.95 Å². The van der Waals surface area contributed by atoms with Crippen LogP contribution in [0.2, 0.25) is 0 Å². The molecule has 1 aromatic carbocycles. The number of anilines is 1. The third kappa shape index (κ3) is 1.76. The van der Waals surface area contributed by atoms with Crippen LogP contribution in [0.1, 0.15) is 12.0 Å². The average Bonchev–Trinajstić information content (AvgIpc) is 2.68. The third-order valence-electron chi connectivity index (χ3n) is 3.15. The number of hydrogen-bond donors (Lipinski definition) is 1. The Morgan fingerprint density at radius 3 is 2.94 bits per heavy atom. The van der Waals surface area contributed by atoms with E-state index in [2.05, 4.69) is 62.0 Å². The molecule has 2 aromatic rings. The lowest BCUT2D eigenvalue weighted by Crippen LogP contribution is -2.17. The lowest BCUT2D eigenvalue weighted by atomic mass is 10.1. The molecule has 1 aromatic heterocycles. The summed E-state index contributed by atoms with van der Waals surface area (Å²) in [6, 6.07) is 8.35. The molecule has 0 radical (unpaired) electrons. The first-order valence-corrected chi connectivity index (χ1v) is 6.62. The minimum absolute atomic E-state index is 0.973. The zero-order valence-electron chi connectivity index (χ0n) is 9.70. The van der Waals surface area contributed by atoms with Crippen LogP contribution in [-0.2, 0) is 6.54 Å². The van der Waals surface area contributed by atoms with Gasteiger partial charge in [-0.2, -0.15) is 0 Å². The summed E-state index contributed by atoms with van der Waals surface area (Å²) in [4.78, 5) is 4.69. The van der Waals surface area contributed by atoms with Crippen molar-refractivity contribution in [3.8, 4) is 11.3 Å². The van der Waals surface area contributed by atoms with E-state index in [0.717, 1.165) is 35.8 Å². The number of imidazole rings is 1. The molecule has 0 fully saturated rings. The molecule has 0 spiro atoms. The summed E-state index contributed by atoms with van der Waals surface area (Å²) in [5.41, 5.74) is 3.49. The summed E-state index contributed by atoms with van der Waals surface area (Å²) in [5, 5.41) is 3.33. The fourth-order valence-corrected chi connectivity index (χ4v) is 2.87. The van der Waals surface area contributed by atoms with Gasteiger partial charge in [0, 0.05) is 18.7 Å². The van der Waals surface area contributed by atoms with Gasteiger partial charge in [-0.3, -0.25) is 0 Å². The number of aromatic nitrogens is 2. The number of nitrogens with one attached hydrogen (secondary N) is 1. The van der Waals surface area contributed by atoms with E-state index in [1.54, 1.807) is 0 Å². The van der Waals surface area contributed by atoms with Crippen molar-refractivity contribution in [2.75, 3.05) is 11.9 Å². The molecule has 0 amide bonds. The quantitative estimate of drug-likeness (QED) is 0.872. The van der Waals surface area contributed by atoms with E-state index in [1.807, 2.05) is 0 Å². The monoisotopic (exact) mass is 291 g/mol. The zero-order valence-corrected chi connectivity index (χ0v) is 11.3. The van der Waals surface area contributed by atoms with E-state index in [1.165, 1.54) is 11.1 Å². The molecule has 17 heavy (non-hydrogen) atoms. The van der Waals surface area contributed by atoms with Crippen LogP contribution in [0.15, 0.2) is 28.9 Å². The van der Waals surface area contributed by atoms with Crippen molar-refractivity contribution >= 4 is 21.9 Å². The molecule has 3 rings (SSSR count). The van der Waals surface area contributed by atoms with E-state index < -0.39 is 0 Å². The Balaban J connectivity index is 2.16. The number of rotatable bonds is 1. The van der Waals surface area contributed by atoms with Crippen molar-refractivity contribution < 1.29 is 0 Å². The molecule has 0 saturated heterocycles. The fraction of sp³-hybridized carbons (Fsp3) is 0.308. The first-order chi connectivity index (χ1) is 8.27. The number of benzene rings is 1. The van der Waals surface area contributed by atoms with Gasteiger partial charge in [-0.25, -0.2) is 4.98 Å². The van der Waals surface area contributed by atoms with Crippen molar-refractivity contribution in [1.29, 1.82) is 0 Å². The SMILES string of the molecule is Cc1ccccc1-c1nc2n(c1Br)CCCN2. The molecule has 88 valence electrons.